The van der Waals surface area contributed by atoms with Gasteiger partial charge in [-0.1, -0.05) is 11.6 Å². The van der Waals surface area contributed by atoms with Gasteiger partial charge in [0.15, 0.2) is 0 Å². The van der Waals surface area contributed by atoms with Crippen molar-refractivity contribution in [2.45, 2.75) is 12.8 Å². The Morgan fingerprint density at radius 3 is 2.55 bits per heavy atom. The maximum Gasteiger partial charge on any atom is 0.0637 e. The van der Waals surface area contributed by atoms with Crippen LogP contribution in [0.1, 0.15) is 12.0 Å². The van der Waals surface area contributed by atoms with E-state index in [1.54, 1.807) is 14.2 Å². The van der Waals surface area contributed by atoms with Crippen LogP contribution in [0.15, 0.2) is 18.2 Å². The third kappa shape index (κ3) is 5.67. The van der Waals surface area contributed by atoms with E-state index in [1.165, 1.54) is 11.3 Å². The summed E-state index contributed by atoms with van der Waals surface area (Å²) in [7, 11) is 3.44. The zero-order valence-electron chi connectivity index (χ0n) is 12.4. The number of nitrogens with two attached hydrogens (primary N) is 1. The van der Waals surface area contributed by atoms with Crippen molar-refractivity contribution >= 4 is 17.3 Å². The van der Waals surface area contributed by atoms with E-state index >= 15 is 0 Å². The highest BCUT2D eigenvalue weighted by Gasteiger charge is 2.11. The van der Waals surface area contributed by atoms with Gasteiger partial charge in [-0.3, -0.25) is 0 Å². The van der Waals surface area contributed by atoms with Crippen LogP contribution in [0.3, 0.4) is 0 Å². The Hall–Kier alpha value is -0.810. The molecule has 0 aliphatic carbocycles. The van der Waals surface area contributed by atoms with Crippen LogP contribution in [0.4, 0.5) is 5.69 Å². The van der Waals surface area contributed by atoms with Gasteiger partial charge in [0, 0.05) is 44.6 Å². The Morgan fingerprint density at radius 1 is 1.15 bits per heavy atom. The summed E-state index contributed by atoms with van der Waals surface area (Å²) in [6, 6.07) is 5.99. The number of anilines is 1. The van der Waals surface area contributed by atoms with Gasteiger partial charge in [0.1, 0.15) is 0 Å². The van der Waals surface area contributed by atoms with Crippen LogP contribution in [-0.4, -0.2) is 47.1 Å². The summed E-state index contributed by atoms with van der Waals surface area (Å²) in [6.45, 7) is 3.83. The molecule has 0 heterocycles. The van der Waals surface area contributed by atoms with Gasteiger partial charge in [-0.2, -0.15) is 0 Å². The molecule has 0 amide bonds. The van der Waals surface area contributed by atoms with Crippen LogP contribution in [0.5, 0.6) is 0 Å². The Kier molecular flexibility index (Phi) is 8.62. The van der Waals surface area contributed by atoms with Gasteiger partial charge in [-0.05, 0) is 43.1 Å². The van der Waals surface area contributed by atoms with Crippen molar-refractivity contribution in [2.24, 2.45) is 5.73 Å². The van der Waals surface area contributed by atoms with Crippen molar-refractivity contribution in [3.05, 3.63) is 28.8 Å². The van der Waals surface area contributed by atoms with Crippen LogP contribution < -0.4 is 10.6 Å². The zero-order valence-corrected chi connectivity index (χ0v) is 13.2. The first-order valence-corrected chi connectivity index (χ1v) is 7.32. The highest BCUT2D eigenvalue weighted by molar-refractivity contribution is 6.30. The quantitative estimate of drug-likeness (QED) is 0.674. The van der Waals surface area contributed by atoms with E-state index in [0.717, 1.165) is 37.6 Å². The standard InChI is InChI=1S/C15H25ClN2O2/c1-19-10-3-8-18(9-11-20-2)15-5-4-14(16)12-13(15)6-7-17/h4-5,12H,3,6-11,17H2,1-2H3. The molecule has 0 bridgehead atoms. The Bertz CT molecular complexity index is 388. The van der Waals surface area contributed by atoms with Crippen LogP contribution in [-0.2, 0) is 15.9 Å². The topological polar surface area (TPSA) is 47.7 Å². The second kappa shape index (κ2) is 10.00. The first-order valence-electron chi connectivity index (χ1n) is 6.94. The maximum absolute atomic E-state index is 6.08. The van der Waals surface area contributed by atoms with Gasteiger partial charge in [-0.15, -0.1) is 0 Å². The molecule has 0 fully saturated rings. The lowest BCUT2D eigenvalue weighted by Gasteiger charge is -2.27. The van der Waals surface area contributed by atoms with Crippen LogP contribution in [0, 0.1) is 0 Å². The number of rotatable bonds is 10. The maximum atomic E-state index is 6.08. The molecule has 114 valence electrons. The molecule has 0 aliphatic rings. The molecule has 1 aromatic rings. The van der Waals surface area contributed by atoms with Gasteiger partial charge < -0.3 is 20.1 Å². The molecule has 2 N–H and O–H groups in total. The summed E-state index contributed by atoms with van der Waals surface area (Å²) in [5.41, 5.74) is 8.07. The Labute approximate surface area is 126 Å². The molecule has 0 saturated carbocycles. The molecule has 0 radical (unpaired) electrons. The molecule has 1 aromatic carbocycles. The molecule has 20 heavy (non-hydrogen) atoms. The number of halogens is 1. The average molecular weight is 301 g/mol. The van der Waals surface area contributed by atoms with Gasteiger partial charge >= 0.3 is 0 Å². The highest BCUT2D eigenvalue weighted by atomic mass is 35.5. The minimum atomic E-state index is 0.615. The van der Waals surface area contributed by atoms with E-state index in [9.17, 15) is 0 Å². The highest BCUT2D eigenvalue weighted by Crippen LogP contribution is 2.25. The lowest BCUT2D eigenvalue weighted by Crippen LogP contribution is -2.30. The number of nitrogens with zero attached hydrogens (tertiary/aromatic N) is 1. The summed E-state index contributed by atoms with van der Waals surface area (Å²) in [4.78, 5) is 2.31. The smallest absolute Gasteiger partial charge is 0.0637 e. The minimum absolute atomic E-state index is 0.615. The summed E-state index contributed by atoms with van der Waals surface area (Å²) in [6.07, 6.45) is 1.80. The van der Waals surface area contributed by atoms with Gasteiger partial charge in [-0.25, -0.2) is 0 Å². The molecule has 1 rings (SSSR count). The summed E-state index contributed by atoms with van der Waals surface area (Å²) < 4.78 is 10.3. The summed E-state index contributed by atoms with van der Waals surface area (Å²) in [5.74, 6) is 0. The second-order valence-electron chi connectivity index (χ2n) is 4.64. The SMILES string of the molecule is COCCCN(CCOC)c1ccc(Cl)cc1CCN. The van der Waals surface area contributed by atoms with Crippen LogP contribution in [0.25, 0.3) is 0 Å². The van der Waals surface area contributed by atoms with Gasteiger partial charge in [0.25, 0.3) is 0 Å². The van der Waals surface area contributed by atoms with Crippen molar-refractivity contribution in [1.82, 2.24) is 0 Å². The molecule has 0 unspecified atom stereocenters. The number of hydrogen-bond donors (Lipinski definition) is 1. The fourth-order valence-electron chi connectivity index (χ4n) is 2.17. The minimum Gasteiger partial charge on any atom is -0.385 e. The number of ether oxygens (including phenoxy) is 2. The van der Waals surface area contributed by atoms with Crippen LogP contribution >= 0.6 is 11.6 Å². The van der Waals surface area contributed by atoms with E-state index in [0.29, 0.717) is 13.2 Å². The number of hydrogen-bond acceptors (Lipinski definition) is 4. The van der Waals surface area contributed by atoms with E-state index in [1.807, 2.05) is 12.1 Å². The largest absolute Gasteiger partial charge is 0.385 e. The van der Waals surface area contributed by atoms with Gasteiger partial charge in [0.05, 0.1) is 6.61 Å². The zero-order chi connectivity index (χ0) is 14.8. The fourth-order valence-corrected chi connectivity index (χ4v) is 2.37. The van der Waals surface area contributed by atoms with Crippen LogP contribution in [0.2, 0.25) is 5.02 Å². The van der Waals surface area contributed by atoms with E-state index in [-0.39, 0.29) is 0 Å². The second-order valence-corrected chi connectivity index (χ2v) is 5.07. The Balaban J connectivity index is 2.86. The lowest BCUT2D eigenvalue weighted by molar-refractivity contribution is 0.191. The van der Waals surface area contributed by atoms with E-state index in [4.69, 9.17) is 26.8 Å². The molecule has 0 spiro atoms. The number of methoxy groups -OCH3 is 2. The molecule has 0 aromatic heterocycles. The molecule has 0 saturated heterocycles. The molecular weight excluding hydrogens is 276 g/mol. The van der Waals surface area contributed by atoms with E-state index in [2.05, 4.69) is 11.0 Å². The monoisotopic (exact) mass is 300 g/mol. The van der Waals surface area contributed by atoms with Crippen molar-refractivity contribution in [2.75, 3.05) is 52.0 Å². The predicted octanol–water partition coefficient (Wildman–Crippen LogP) is 2.33. The third-order valence-corrected chi connectivity index (χ3v) is 3.37. The summed E-state index contributed by atoms with van der Waals surface area (Å²) in [5, 5.41) is 0.751. The molecule has 0 atom stereocenters. The van der Waals surface area contributed by atoms with Crippen molar-refractivity contribution < 1.29 is 9.47 Å². The normalized spacial score (nSPS) is 10.8. The Morgan fingerprint density at radius 2 is 1.90 bits per heavy atom. The third-order valence-electron chi connectivity index (χ3n) is 3.14. The lowest BCUT2D eigenvalue weighted by atomic mass is 10.1. The van der Waals surface area contributed by atoms with Gasteiger partial charge in [0.2, 0.25) is 0 Å². The first kappa shape index (κ1) is 17.2. The summed E-state index contributed by atoms with van der Waals surface area (Å²) >= 11 is 6.08. The molecular formula is C15H25ClN2O2. The van der Waals surface area contributed by atoms with E-state index < -0.39 is 0 Å². The van der Waals surface area contributed by atoms with Crippen molar-refractivity contribution in [3.8, 4) is 0 Å². The molecule has 5 heteroatoms. The molecule has 0 aliphatic heterocycles. The predicted molar refractivity (Wildman–Crippen MR) is 84.8 cm³/mol. The average Bonchev–Trinajstić information content (AvgIpc) is 2.44. The molecule has 4 nitrogen and oxygen atoms in total. The van der Waals surface area contributed by atoms with Crippen molar-refractivity contribution in [1.29, 1.82) is 0 Å². The fraction of sp³-hybridized carbons (Fsp3) is 0.600. The van der Waals surface area contributed by atoms with Crippen molar-refractivity contribution in [3.63, 3.8) is 0 Å². The number of benzene rings is 1. The first-order chi connectivity index (χ1) is 9.72.